The highest BCUT2D eigenvalue weighted by Gasteiger charge is 2.10. The van der Waals surface area contributed by atoms with E-state index >= 15 is 0 Å². The Morgan fingerprint density at radius 1 is 1.29 bits per heavy atom. The summed E-state index contributed by atoms with van der Waals surface area (Å²) in [6.07, 6.45) is 1.31. The number of aromatic nitrogens is 1. The molecular weight excluding hydrogens is 378 g/mol. The minimum absolute atomic E-state index is 0.0495. The topological polar surface area (TPSA) is 104 Å². The first-order chi connectivity index (χ1) is 13.5. The summed E-state index contributed by atoms with van der Waals surface area (Å²) in [5.41, 5.74) is 4.40. The van der Waals surface area contributed by atoms with Gasteiger partial charge in [-0.2, -0.15) is 5.10 Å². The quantitative estimate of drug-likeness (QED) is 0.335. The van der Waals surface area contributed by atoms with Gasteiger partial charge in [0.15, 0.2) is 0 Å². The molecule has 0 saturated heterocycles. The lowest BCUT2D eigenvalue weighted by molar-refractivity contribution is -0.118. The van der Waals surface area contributed by atoms with Crippen molar-refractivity contribution >= 4 is 34.8 Å². The van der Waals surface area contributed by atoms with Crippen LogP contribution in [0.2, 0.25) is 0 Å². The molecule has 1 amide bonds. The smallest absolute Gasteiger partial charge is 0.250 e. The standard InChI is InChI=1S/C20H19N3O4S/c1-12-8-18(15-4-3-5-17(27-2)20(15)22-12)28-11-19(26)23-21-10-13-6-7-14(24)9-16(13)25/h3-10,24-25H,11H2,1-2H3,(H,23,26)/b21-10-. The van der Waals surface area contributed by atoms with E-state index in [1.807, 2.05) is 31.2 Å². The molecule has 2 aromatic carbocycles. The molecule has 3 N–H and O–H groups in total. The first-order valence-corrected chi connectivity index (χ1v) is 9.37. The second-order valence-electron chi connectivity index (χ2n) is 5.94. The Kier molecular flexibility index (Phi) is 6.00. The largest absolute Gasteiger partial charge is 0.508 e. The van der Waals surface area contributed by atoms with Crippen LogP contribution in [0.3, 0.4) is 0 Å². The fraction of sp³-hybridized carbons (Fsp3) is 0.150. The van der Waals surface area contributed by atoms with Gasteiger partial charge in [-0.1, -0.05) is 12.1 Å². The summed E-state index contributed by atoms with van der Waals surface area (Å²) in [6.45, 7) is 1.89. The van der Waals surface area contributed by atoms with E-state index in [2.05, 4.69) is 15.5 Å². The van der Waals surface area contributed by atoms with Crippen LogP contribution in [0.15, 0.2) is 52.5 Å². The van der Waals surface area contributed by atoms with E-state index in [9.17, 15) is 15.0 Å². The van der Waals surface area contributed by atoms with Crippen LogP contribution >= 0.6 is 11.8 Å². The zero-order valence-electron chi connectivity index (χ0n) is 15.3. The molecule has 0 aliphatic heterocycles. The maximum absolute atomic E-state index is 12.1. The molecule has 0 fully saturated rings. The third kappa shape index (κ3) is 4.52. The number of phenols is 2. The van der Waals surface area contributed by atoms with Gasteiger partial charge in [0, 0.05) is 27.6 Å². The monoisotopic (exact) mass is 397 g/mol. The van der Waals surface area contributed by atoms with Crippen molar-refractivity contribution in [1.82, 2.24) is 10.4 Å². The van der Waals surface area contributed by atoms with Crippen LogP contribution in [-0.2, 0) is 4.79 Å². The van der Waals surface area contributed by atoms with Gasteiger partial charge in [0.05, 0.1) is 19.1 Å². The van der Waals surface area contributed by atoms with Gasteiger partial charge in [-0.15, -0.1) is 11.8 Å². The first-order valence-electron chi connectivity index (χ1n) is 8.39. The molecule has 7 nitrogen and oxygen atoms in total. The average molecular weight is 397 g/mol. The number of nitrogens with zero attached hydrogens (tertiary/aromatic N) is 2. The van der Waals surface area contributed by atoms with Crippen molar-refractivity contribution in [1.29, 1.82) is 0 Å². The van der Waals surface area contributed by atoms with Gasteiger partial charge in [0.1, 0.15) is 22.8 Å². The number of methoxy groups -OCH3 is 1. The zero-order chi connectivity index (χ0) is 20.1. The molecular formula is C20H19N3O4S. The second kappa shape index (κ2) is 8.62. The Labute approximate surface area is 166 Å². The number of hydrogen-bond acceptors (Lipinski definition) is 7. The van der Waals surface area contributed by atoms with E-state index in [1.165, 1.54) is 36.2 Å². The van der Waals surface area contributed by atoms with Crippen LogP contribution in [0.4, 0.5) is 0 Å². The molecule has 0 atom stereocenters. The number of phenolic OH excluding ortho intramolecular Hbond substituents is 2. The maximum atomic E-state index is 12.1. The van der Waals surface area contributed by atoms with Gasteiger partial charge in [0.25, 0.3) is 0 Å². The van der Waals surface area contributed by atoms with Gasteiger partial charge in [-0.3, -0.25) is 4.79 Å². The summed E-state index contributed by atoms with van der Waals surface area (Å²) in [5, 5.41) is 23.7. The molecule has 0 spiro atoms. The van der Waals surface area contributed by atoms with E-state index in [4.69, 9.17) is 4.74 Å². The van der Waals surface area contributed by atoms with Crippen LogP contribution < -0.4 is 10.2 Å². The molecule has 0 radical (unpaired) electrons. The normalized spacial score (nSPS) is 11.1. The van der Waals surface area contributed by atoms with Crippen LogP contribution in [0, 0.1) is 6.92 Å². The zero-order valence-corrected chi connectivity index (χ0v) is 16.2. The highest BCUT2D eigenvalue weighted by molar-refractivity contribution is 8.00. The van der Waals surface area contributed by atoms with E-state index in [0.29, 0.717) is 11.3 Å². The van der Waals surface area contributed by atoms with Crippen molar-refractivity contribution in [3.8, 4) is 17.2 Å². The molecule has 8 heteroatoms. The molecule has 1 heterocycles. The summed E-state index contributed by atoms with van der Waals surface area (Å²) >= 11 is 1.38. The number of rotatable bonds is 6. The minimum Gasteiger partial charge on any atom is -0.508 e. The Hall–Kier alpha value is -3.26. The fourth-order valence-corrected chi connectivity index (χ4v) is 3.51. The van der Waals surface area contributed by atoms with Crippen LogP contribution in [0.25, 0.3) is 10.9 Å². The Balaban J connectivity index is 1.67. The Morgan fingerprint density at radius 3 is 2.86 bits per heavy atom. The number of aromatic hydroxyl groups is 2. The van der Waals surface area contributed by atoms with Crippen molar-refractivity contribution in [2.45, 2.75) is 11.8 Å². The minimum atomic E-state index is -0.287. The number of fused-ring (bicyclic) bond motifs is 1. The number of carbonyl (C=O) groups is 1. The Morgan fingerprint density at radius 2 is 2.11 bits per heavy atom. The molecule has 0 aliphatic carbocycles. The molecule has 3 aromatic rings. The van der Waals surface area contributed by atoms with Crippen LogP contribution in [0.1, 0.15) is 11.3 Å². The van der Waals surface area contributed by atoms with Gasteiger partial charge in [0.2, 0.25) is 5.91 Å². The SMILES string of the molecule is COc1cccc2c(SCC(=O)N/N=C\c3ccc(O)cc3O)cc(C)nc12. The number of hydrogen-bond donors (Lipinski definition) is 3. The molecule has 28 heavy (non-hydrogen) atoms. The van der Waals surface area contributed by atoms with Gasteiger partial charge in [-0.05, 0) is 31.2 Å². The number of pyridine rings is 1. The number of para-hydroxylation sites is 1. The predicted octanol–water partition coefficient (Wildman–Crippen LogP) is 3.21. The molecule has 3 rings (SSSR count). The number of benzene rings is 2. The number of aryl methyl sites for hydroxylation is 1. The van der Waals surface area contributed by atoms with E-state index in [1.54, 1.807) is 7.11 Å². The molecule has 0 unspecified atom stereocenters. The maximum Gasteiger partial charge on any atom is 0.250 e. The highest BCUT2D eigenvalue weighted by atomic mass is 32.2. The lowest BCUT2D eigenvalue weighted by atomic mass is 10.2. The predicted molar refractivity (Wildman–Crippen MR) is 109 cm³/mol. The number of carbonyl (C=O) groups excluding carboxylic acids is 1. The number of nitrogens with one attached hydrogen (secondary N) is 1. The summed E-state index contributed by atoms with van der Waals surface area (Å²) < 4.78 is 5.37. The third-order valence-electron chi connectivity index (χ3n) is 3.88. The fourth-order valence-electron chi connectivity index (χ4n) is 2.59. The third-order valence-corrected chi connectivity index (χ3v) is 4.93. The highest BCUT2D eigenvalue weighted by Crippen LogP contribution is 2.32. The second-order valence-corrected chi connectivity index (χ2v) is 6.96. The molecule has 144 valence electrons. The van der Waals surface area contributed by atoms with Gasteiger partial charge in [-0.25, -0.2) is 10.4 Å². The summed E-state index contributed by atoms with van der Waals surface area (Å²) in [6, 6.07) is 11.7. The molecule has 0 saturated carbocycles. The van der Waals surface area contributed by atoms with Gasteiger partial charge < -0.3 is 14.9 Å². The number of thioether (sulfide) groups is 1. The summed E-state index contributed by atoms with van der Waals surface area (Å²) in [5.74, 6) is 0.386. The number of hydrazone groups is 1. The van der Waals surface area contributed by atoms with E-state index in [-0.39, 0.29) is 23.2 Å². The van der Waals surface area contributed by atoms with Crippen molar-refractivity contribution in [3.63, 3.8) is 0 Å². The number of ether oxygens (including phenoxy) is 1. The van der Waals surface area contributed by atoms with E-state index in [0.717, 1.165) is 21.5 Å². The molecule has 1 aromatic heterocycles. The molecule has 0 aliphatic rings. The lowest BCUT2D eigenvalue weighted by Gasteiger charge is -2.10. The van der Waals surface area contributed by atoms with Crippen molar-refractivity contribution in [2.24, 2.45) is 5.10 Å². The Bertz CT molecular complexity index is 1050. The van der Waals surface area contributed by atoms with Crippen molar-refractivity contribution < 1.29 is 19.7 Å². The average Bonchev–Trinajstić information content (AvgIpc) is 2.67. The van der Waals surface area contributed by atoms with Gasteiger partial charge >= 0.3 is 0 Å². The van der Waals surface area contributed by atoms with E-state index < -0.39 is 0 Å². The van der Waals surface area contributed by atoms with Crippen LogP contribution in [0.5, 0.6) is 17.2 Å². The van der Waals surface area contributed by atoms with Crippen molar-refractivity contribution in [2.75, 3.05) is 12.9 Å². The van der Waals surface area contributed by atoms with Crippen molar-refractivity contribution in [3.05, 3.63) is 53.7 Å². The molecule has 0 bridgehead atoms. The summed E-state index contributed by atoms with van der Waals surface area (Å²) in [4.78, 5) is 17.6. The summed E-state index contributed by atoms with van der Waals surface area (Å²) in [7, 11) is 1.60. The number of amides is 1. The lowest BCUT2D eigenvalue weighted by Crippen LogP contribution is -2.19. The van der Waals surface area contributed by atoms with Crippen LogP contribution in [-0.4, -0.2) is 40.2 Å². The first kappa shape index (κ1) is 19.5.